The van der Waals surface area contributed by atoms with Crippen LogP contribution in [0.1, 0.15) is 17.9 Å². The highest BCUT2D eigenvalue weighted by Crippen LogP contribution is 2.48. The van der Waals surface area contributed by atoms with Gasteiger partial charge in [-0.15, -0.1) is 0 Å². The third-order valence-corrected chi connectivity index (χ3v) is 2.76. The molecule has 1 saturated carbocycles. The number of aromatic nitrogens is 1. The summed E-state index contributed by atoms with van der Waals surface area (Å²) in [5.74, 6) is 0.841. The maximum atomic E-state index is 10.8. The molecule has 2 rings (SSSR count). The van der Waals surface area contributed by atoms with Crippen molar-refractivity contribution in [1.29, 1.82) is 0 Å². The Morgan fingerprint density at radius 1 is 1.64 bits per heavy atom. The predicted molar refractivity (Wildman–Crippen MR) is 52.5 cm³/mol. The van der Waals surface area contributed by atoms with Gasteiger partial charge >= 0.3 is 0 Å². The molecule has 1 heterocycles. The molecule has 0 N–H and O–H groups in total. The fourth-order valence-corrected chi connectivity index (χ4v) is 1.79. The molecule has 1 aromatic rings. The molecule has 1 aliphatic carbocycles. The van der Waals surface area contributed by atoms with Gasteiger partial charge in [-0.3, -0.25) is 4.79 Å². The van der Waals surface area contributed by atoms with Crippen molar-refractivity contribution in [3.63, 3.8) is 0 Å². The van der Waals surface area contributed by atoms with E-state index in [0.717, 1.165) is 12.0 Å². The van der Waals surface area contributed by atoms with E-state index in [0.29, 0.717) is 5.88 Å². The number of carbonyl (C=O) groups is 1. The summed E-state index contributed by atoms with van der Waals surface area (Å²) in [4.78, 5) is 14.9. The van der Waals surface area contributed by atoms with E-state index in [9.17, 15) is 4.79 Å². The molecule has 0 radical (unpaired) electrons. The number of hydrogen-bond acceptors (Lipinski definition) is 3. The van der Waals surface area contributed by atoms with Crippen molar-refractivity contribution in [2.75, 3.05) is 7.11 Å². The Balaban J connectivity index is 2.08. The summed E-state index contributed by atoms with van der Waals surface area (Å²) < 4.78 is 4.94. The number of methoxy groups -OCH3 is 1. The van der Waals surface area contributed by atoms with Crippen LogP contribution in [0.5, 0.6) is 5.88 Å². The molecule has 0 unspecified atom stereocenters. The van der Waals surface area contributed by atoms with Crippen molar-refractivity contribution in [2.45, 2.75) is 12.3 Å². The zero-order valence-electron chi connectivity index (χ0n) is 7.74. The minimum atomic E-state index is -0.245. The Morgan fingerprint density at radius 3 is 2.86 bits per heavy atom. The first-order valence-electron chi connectivity index (χ1n) is 4.41. The van der Waals surface area contributed by atoms with Gasteiger partial charge in [-0.2, -0.15) is 0 Å². The Morgan fingerprint density at radius 2 is 2.43 bits per heavy atom. The van der Waals surface area contributed by atoms with E-state index in [4.69, 9.17) is 16.3 Å². The Labute approximate surface area is 87.0 Å². The van der Waals surface area contributed by atoms with Crippen molar-refractivity contribution in [3.8, 4) is 5.88 Å². The average molecular weight is 212 g/mol. The van der Waals surface area contributed by atoms with E-state index in [2.05, 4.69) is 4.98 Å². The highest BCUT2D eigenvalue weighted by Gasteiger charge is 2.43. The van der Waals surface area contributed by atoms with Crippen LogP contribution in [0.25, 0.3) is 0 Å². The molecule has 2 atom stereocenters. The van der Waals surface area contributed by atoms with Crippen LogP contribution in [-0.2, 0) is 4.79 Å². The minimum Gasteiger partial charge on any atom is -0.481 e. The summed E-state index contributed by atoms with van der Waals surface area (Å²) in [7, 11) is 1.57. The third kappa shape index (κ3) is 1.73. The maximum Gasteiger partial charge on any atom is 0.225 e. The normalized spacial score (nSPS) is 24.4. The van der Waals surface area contributed by atoms with Gasteiger partial charge in [0.25, 0.3) is 0 Å². The Hall–Kier alpha value is -1.09. The standard InChI is InChI=1S/C10H10ClNO2/c1-14-9-3-2-6(5-12-9)7-4-8(7)10(11)13/h2-3,5,7-8H,4H2,1H3/t7-,8+/m0/s1. The van der Waals surface area contributed by atoms with Crippen LogP contribution in [0.4, 0.5) is 0 Å². The van der Waals surface area contributed by atoms with Crippen LogP contribution in [0.2, 0.25) is 0 Å². The number of halogens is 1. The van der Waals surface area contributed by atoms with Crippen LogP contribution in [0.3, 0.4) is 0 Å². The molecule has 0 bridgehead atoms. The van der Waals surface area contributed by atoms with Crippen LogP contribution in [0.15, 0.2) is 18.3 Å². The van der Waals surface area contributed by atoms with E-state index in [1.54, 1.807) is 19.4 Å². The summed E-state index contributed by atoms with van der Waals surface area (Å²) in [5, 5.41) is -0.245. The molecule has 0 amide bonds. The lowest BCUT2D eigenvalue weighted by Crippen LogP contribution is -1.93. The molecule has 0 aromatic carbocycles. The summed E-state index contributed by atoms with van der Waals surface area (Å²) in [6.45, 7) is 0. The van der Waals surface area contributed by atoms with Gasteiger partial charge in [0.2, 0.25) is 11.1 Å². The second-order valence-electron chi connectivity index (χ2n) is 3.39. The summed E-state index contributed by atoms with van der Waals surface area (Å²) in [5.41, 5.74) is 1.06. The van der Waals surface area contributed by atoms with Crippen molar-refractivity contribution < 1.29 is 9.53 Å². The average Bonchev–Trinajstić information content (AvgIpc) is 2.97. The van der Waals surface area contributed by atoms with E-state index in [1.807, 2.05) is 6.07 Å². The van der Waals surface area contributed by atoms with E-state index in [-0.39, 0.29) is 17.1 Å². The third-order valence-electron chi connectivity index (χ3n) is 2.48. The van der Waals surface area contributed by atoms with Gasteiger partial charge in [0.05, 0.1) is 7.11 Å². The summed E-state index contributed by atoms with van der Waals surface area (Å²) in [6, 6.07) is 3.72. The van der Waals surface area contributed by atoms with Gasteiger partial charge in [0.1, 0.15) is 0 Å². The molecular weight excluding hydrogens is 202 g/mol. The van der Waals surface area contributed by atoms with Crippen LogP contribution in [-0.4, -0.2) is 17.3 Å². The highest BCUT2D eigenvalue weighted by molar-refractivity contribution is 6.64. The Kier molecular flexibility index (Phi) is 2.42. The van der Waals surface area contributed by atoms with Crippen molar-refractivity contribution >= 4 is 16.8 Å². The molecule has 0 aliphatic heterocycles. The first-order chi connectivity index (χ1) is 6.72. The van der Waals surface area contributed by atoms with Gasteiger partial charge in [0.15, 0.2) is 0 Å². The molecule has 0 saturated heterocycles. The molecule has 4 heteroatoms. The first kappa shape index (κ1) is 9.46. The van der Waals surface area contributed by atoms with Gasteiger partial charge in [0, 0.05) is 18.2 Å². The van der Waals surface area contributed by atoms with Gasteiger partial charge < -0.3 is 4.74 Å². The minimum absolute atomic E-state index is 0.00754. The lowest BCUT2D eigenvalue weighted by Gasteiger charge is -2.00. The van der Waals surface area contributed by atoms with Gasteiger partial charge in [-0.1, -0.05) is 6.07 Å². The van der Waals surface area contributed by atoms with Crippen LogP contribution >= 0.6 is 11.6 Å². The van der Waals surface area contributed by atoms with Crippen molar-refractivity contribution in [2.24, 2.45) is 5.92 Å². The lowest BCUT2D eigenvalue weighted by atomic mass is 10.1. The van der Waals surface area contributed by atoms with Gasteiger partial charge in [-0.05, 0) is 29.5 Å². The summed E-state index contributed by atoms with van der Waals surface area (Å²) >= 11 is 5.39. The zero-order chi connectivity index (χ0) is 10.1. The molecule has 1 aliphatic rings. The smallest absolute Gasteiger partial charge is 0.225 e. The predicted octanol–water partition coefficient (Wildman–Crippen LogP) is 1.96. The first-order valence-corrected chi connectivity index (χ1v) is 4.79. The maximum absolute atomic E-state index is 10.8. The molecule has 1 aromatic heterocycles. The number of nitrogens with zero attached hydrogens (tertiary/aromatic N) is 1. The monoisotopic (exact) mass is 211 g/mol. The van der Waals surface area contributed by atoms with E-state index >= 15 is 0 Å². The molecule has 3 nitrogen and oxygen atoms in total. The number of pyridine rings is 1. The highest BCUT2D eigenvalue weighted by atomic mass is 35.5. The van der Waals surface area contributed by atoms with Crippen molar-refractivity contribution in [3.05, 3.63) is 23.9 Å². The van der Waals surface area contributed by atoms with E-state index < -0.39 is 0 Å². The topological polar surface area (TPSA) is 39.2 Å². The molecule has 1 fully saturated rings. The van der Waals surface area contributed by atoms with Gasteiger partial charge in [-0.25, -0.2) is 4.98 Å². The fraction of sp³-hybridized carbons (Fsp3) is 0.400. The summed E-state index contributed by atoms with van der Waals surface area (Å²) in [6.07, 6.45) is 2.58. The number of ether oxygens (including phenoxy) is 1. The second kappa shape index (κ2) is 3.58. The molecule has 0 spiro atoms. The number of hydrogen-bond donors (Lipinski definition) is 0. The van der Waals surface area contributed by atoms with E-state index in [1.165, 1.54) is 0 Å². The Bertz CT molecular complexity index is 350. The van der Waals surface area contributed by atoms with Crippen molar-refractivity contribution in [1.82, 2.24) is 4.98 Å². The SMILES string of the molecule is COc1ccc([C@@H]2C[C@H]2C(=O)Cl)cn1. The lowest BCUT2D eigenvalue weighted by molar-refractivity contribution is -0.112. The van der Waals surface area contributed by atoms with Crippen LogP contribution in [0, 0.1) is 5.92 Å². The zero-order valence-corrected chi connectivity index (χ0v) is 8.49. The molecular formula is C10H10ClNO2. The second-order valence-corrected chi connectivity index (χ2v) is 3.76. The largest absolute Gasteiger partial charge is 0.481 e. The number of rotatable bonds is 3. The molecule has 14 heavy (non-hydrogen) atoms. The van der Waals surface area contributed by atoms with Crippen LogP contribution < -0.4 is 4.74 Å². The number of carbonyl (C=O) groups excluding carboxylic acids is 1. The quantitative estimate of drug-likeness (QED) is 0.718. The fourth-order valence-electron chi connectivity index (χ4n) is 1.55. The molecule has 74 valence electrons.